The lowest BCUT2D eigenvalue weighted by atomic mass is 9.93. The van der Waals surface area contributed by atoms with Crippen LogP contribution < -0.4 is 5.73 Å². The Morgan fingerprint density at radius 2 is 1.70 bits per heavy atom. The van der Waals surface area contributed by atoms with Gasteiger partial charge in [0.25, 0.3) is 0 Å². The molecule has 0 aromatic rings. The number of hydrogen-bond donors (Lipinski definition) is 2. The molecule has 2 unspecified atom stereocenters. The second-order valence-electron chi connectivity index (χ2n) is 2.93. The average molecular weight is 145 g/mol. The third-order valence-corrected chi connectivity index (χ3v) is 2.07. The fourth-order valence-corrected chi connectivity index (χ4v) is 1.20. The molecule has 0 spiro atoms. The van der Waals surface area contributed by atoms with Crippen LogP contribution in [0, 0.1) is 5.92 Å². The van der Waals surface area contributed by atoms with Gasteiger partial charge in [-0.05, 0) is 12.8 Å². The van der Waals surface area contributed by atoms with Gasteiger partial charge in [0.05, 0.1) is 6.10 Å². The first-order chi connectivity index (χ1) is 4.63. The van der Waals surface area contributed by atoms with Gasteiger partial charge >= 0.3 is 0 Å². The van der Waals surface area contributed by atoms with E-state index in [0.717, 1.165) is 12.8 Å². The molecular weight excluding hydrogens is 126 g/mol. The second kappa shape index (κ2) is 4.69. The summed E-state index contributed by atoms with van der Waals surface area (Å²) in [5.41, 5.74) is 5.54. The van der Waals surface area contributed by atoms with E-state index in [9.17, 15) is 5.11 Å². The van der Waals surface area contributed by atoms with Crippen LogP contribution >= 0.6 is 0 Å². The molecule has 0 aliphatic heterocycles. The van der Waals surface area contributed by atoms with Crippen LogP contribution in [0.5, 0.6) is 0 Å². The number of aliphatic hydroxyl groups excluding tert-OH is 1. The second-order valence-corrected chi connectivity index (χ2v) is 2.93. The summed E-state index contributed by atoms with van der Waals surface area (Å²) in [5, 5.41) is 9.46. The highest BCUT2D eigenvalue weighted by Gasteiger charge is 2.18. The SMILES string of the molecule is CCC(CC)C(O)C(C)N. The first kappa shape index (κ1) is 9.92. The van der Waals surface area contributed by atoms with Gasteiger partial charge in [-0.1, -0.05) is 26.7 Å². The lowest BCUT2D eigenvalue weighted by Crippen LogP contribution is -2.37. The van der Waals surface area contributed by atoms with Crippen LogP contribution in [0.2, 0.25) is 0 Å². The van der Waals surface area contributed by atoms with Gasteiger partial charge in [-0.2, -0.15) is 0 Å². The average Bonchev–Trinajstić information content (AvgIpc) is 1.90. The van der Waals surface area contributed by atoms with Gasteiger partial charge in [-0.25, -0.2) is 0 Å². The van der Waals surface area contributed by atoms with Crippen molar-refractivity contribution in [1.29, 1.82) is 0 Å². The van der Waals surface area contributed by atoms with Gasteiger partial charge in [0.1, 0.15) is 0 Å². The van der Waals surface area contributed by atoms with E-state index in [1.165, 1.54) is 0 Å². The third-order valence-electron chi connectivity index (χ3n) is 2.07. The van der Waals surface area contributed by atoms with Crippen molar-refractivity contribution in [2.75, 3.05) is 0 Å². The number of nitrogens with two attached hydrogens (primary N) is 1. The van der Waals surface area contributed by atoms with E-state index in [1.807, 2.05) is 6.92 Å². The predicted octanol–water partition coefficient (Wildman–Crippen LogP) is 1.13. The maximum atomic E-state index is 9.46. The highest BCUT2D eigenvalue weighted by molar-refractivity contribution is 4.73. The van der Waals surface area contributed by atoms with E-state index in [4.69, 9.17) is 5.73 Å². The molecule has 0 aliphatic rings. The molecule has 2 heteroatoms. The summed E-state index contributed by atoms with van der Waals surface area (Å²) >= 11 is 0. The molecule has 0 rings (SSSR count). The molecule has 0 aromatic carbocycles. The molecule has 0 bridgehead atoms. The van der Waals surface area contributed by atoms with Crippen molar-refractivity contribution in [3.05, 3.63) is 0 Å². The van der Waals surface area contributed by atoms with Gasteiger partial charge in [0.15, 0.2) is 0 Å². The highest BCUT2D eigenvalue weighted by Crippen LogP contribution is 2.14. The van der Waals surface area contributed by atoms with Crippen molar-refractivity contribution < 1.29 is 5.11 Å². The van der Waals surface area contributed by atoms with Crippen LogP contribution in [-0.2, 0) is 0 Å². The number of hydrogen-bond acceptors (Lipinski definition) is 2. The third kappa shape index (κ3) is 2.67. The van der Waals surface area contributed by atoms with Gasteiger partial charge in [-0.3, -0.25) is 0 Å². The fraction of sp³-hybridized carbons (Fsp3) is 1.00. The van der Waals surface area contributed by atoms with Crippen LogP contribution in [0.25, 0.3) is 0 Å². The topological polar surface area (TPSA) is 46.2 Å². The normalized spacial score (nSPS) is 17.4. The Morgan fingerprint density at radius 1 is 1.30 bits per heavy atom. The molecular formula is C8H19NO. The zero-order chi connectivity index (χ0) is 8.15. The first-order valence-corrected chi connectivity index (χ1v) is 4.07. The quantitative estimate of drug-likeness (QED) is 0.623. The summed E-state index contributed by atoms with van der Waals surface area (Å²) in [5.74, 6) is 0.375. The zero-order valence-electron chi connectivity index (χ0n) is 7.17. The Morgan fingerprint density at radius 3 is 1.80 bits per heavy atom. The van der Waals surface area contributed by atoms with Crippen molar-refractivity contribution in [2.24, 2.45) is 11.7 Å². The summed E-state index contributed by atoms with van der Waals surface area (Å²) in [7, 11) is 0. The minimum Gasteiger partial charge on any atom is -0.391 e. The molecule has 2 nitrogen and oxygen atoms in total. The summed E-state index contributed by atoms with van der Waals surface area (Å²) in [6.45, 7) is 6.02. The lowest BCUT2D eigenvalue weighted by molar-refractivity contribution is 0.0829. The molecule has 10 heavy (non-hydrogen) atoms. The number of aliphatic hydroxyl groups is 1. The van der Waals surface area contributed by atoms with Gasteiger partial charge in [0.2, 0.25) is 0 Å². The molecule has 0 fully saturated rings. The maximum absolute atomic E-state index is 9.46. The Kier molecular flexibility index (Phi) is 4.65. The first-order valence-electron chi connectivity index (χ1n) is 4.07. The van der Waals surface area contributed by atoms with E-state index >= 15 is 0 Å². The van der Waals surface area contributed by atoms with Crippen LogP contribution in [0.1, 0.15) is 33.6 Å². The van der Waals surface area contributed by atoms with E-state index < -0.39 is 0 Å². The molecule has 0 heterocycles. The molecule has 0 aromatic heterocycles. The minimum absolute atomic E-state index is 0.0927. The van der Waals surface area contributed by atoms with E-state index in [0.29, 0.717) is 5.92 Å². The van der Waals surface area contributed by atoms with Crippen molar-refractivity contribution >= 4 is 0 Å². The largest absolute Gasteiger partial charge is 0.391 e. The van der Waals surface area contributed by atoms with Crippen molar-refractivity contribution in [2.45, 2.75) is 45.8 Å². The molecule has 2 atom stereocenters. The summed E-state index contributed by atoms with van der Waals surface area (Å²) in [4.78, 5) is 0. The van der Waals surface area contributed by atoms with Crippen LogP contribution in [0.15, 0.2) is 0 Å². The van der Waals surface area contributed by atoms with Gasteiger partial charge < -0.3 is 10.8 Å². The molecule has 0 saturated heterocycles. The predicted molar refractivity (Wildman–Crippen MR) is 43.7 cm³/mol. The van der Waals surface area contributed by atoms with Crippen LogP contribution in [-0.4, -0.2) is 17.3 Å². The Balaban J connectivity index is 3.76. The van der Waals surface area contributed by atoms with E-state index in [1.54, 1.807) is 0 Å². The summed E-state index contributed by atoms with van der Waals surface area (Å²) < 4.78 is 0. The summed E-state index contributed by atoms with van der Waals surface area (Å²) in [6, 6.07) is -0.0927. The molecule has 3 N–H and O–H groups in total. The van der Waals surface area contributed by atoms with Crippen molar-refractivity contribution in [3.8, 4) is 0 Å². The minimum atomic E-state index is -0.324. The monoisotopic (exact) mass is 145 g/mol. The maximum Gasteiger partial charge on any atom is 0.0716 e. The van der Waals surface area contributed by atoms with Gasteiger partial charge in [0, 0.05) is 6.04 Å². The van der Waals surface area contributed by atoms with E-state index in [-0.39, 0.29) is 12.1 Å². The fourth-order valence-electron chi connectivity index (χ4n) is 1.20. The Bertz CT molecular complexity index is 79.3. The highest BCUT2D eigenvalue weighted by atomic mass is 16.3. The lowest BCUT2D eigenvalue weighted by Gasteiger charge is -2.22. The van der Waals surface area contributed by atoms with Crippen molar-refractivity contribution in [1.82, 2.24) is 0 Å². The smallest absolute Gasteiger partial charge is 0.0716 e. The molecule has 0 saturated carbocycles. The number of rotatable bonds is 4. The molecule has 0 radical (unpaired) electrons. The molecule has 62 valence electrons. The van der Waals surface area contributed by atoms with Gasteiger partial charge in [-0.15, -0.1) is 0 Å². The Labute approximate surface area is 63.4 Å². The molecule has 0 aliphatic carbocycles. The summed E-state index contributed by atoms with van der Waals surface area (Å²) in [6.07, 6.45) is 1.70. The zero-order valence-corrected chi connectivity index (χ0v) is 7.17. The van der Waals surface area contributed by atoms with Crippen LogP contribution in [0.4, 0.5) is 0 Å². The standard InChI is InChI=1S/C8H19NO/c1-4-7(5-2)8(10)6(3)9/h6-8,10H,4-5,9H2,1-3H3. The van der Waals surface area contributed by atoms with E-state index in [2.05, 4.69) is 13.8 Å². The van der Waals surface area contributed by atoms with Crippen molar-refractivity contribution in [3.63, 3.8) is 0 Å². The molecule has 0 amide bonds. The van der Waals surface area contributed by atoms with Crippen LogP contribution in [0.3, 0.4) is 0 Å². The Hall–Kier alpha value is -0.0800.